The van der Waals surface area contributed by atoms with Gasteiger partial charge in [0.1, 0.15) is 0 Å². The van der Waals surface area contributed by atoms with Gasteiger partial charge in [0.2, 0.25) is 0 Å². The highest BCUT2D eigenvalue weighted by Gasteiger charge is 2.06. The van der Waals surface area contributed by atoms with E-state index < -0.39 is 0 Å². The second-order valence-corrected chi connectivity index (χ2v) is 4.52. The molecule has 0 saturated heterocycles. The Labute approximate surface area is 96.2 Å². The summed E-state index contributed by atoms with van der Waals surface area (Å²) in [6.07, 6.45) is 3.04. The van der Waals surface area contributed by atoms with Gasteiger partial charge in [-0.15, -0.1) is 0 Å². The number of hydrogen-bond donors (Lipinski definition) is 3. The van der Waals surface area contributed by atoms with Crippen molar-refractivity contribution in [2.24, 2.45) is 0 Å². The second-order valence-electron chi connectivity index (χ2n) is 3.61. The van der Waals surface area contributed by atoms with E-state index in [0.717, 1.165) is 12.2 Å². The van der Waals surface area contributed by atoms with E-state index in [2.05, 4.69) is 10.6 Å². The average molecular weight is 234 g/mol. The Morgan fingerprint density at radius 2 is 2.20 bits per heavy atom. The zero-order chi connectivity index (χ0) is 11.7. The third-order valence-corrected chi connectivity index (χ3v) is 2.86. The van der Waals surface area contributed by atoms with Crippen molar-refractivity contribution in [2.75, 3.05) is 18.6 Å². The van der Waals surface area contributed by atoms with Crippen LogP contribution in [0.4, 0.5) is 4.79 Å². The van der Waals surface area contributed by atoms with E-state index in [4.69, 9.17) is 0 Å². The first kappa shape index (κ1) is 14.6. The lowest BCUT2D eigenvalue weighted by atomic mass is 10.2. The molecule has 0 aromatic rings. The molecule has 0 rings (SSSR count). The van der Waals surface area contributed by atoms with Crippen molar-refractivity contribution in [2.45, 2.75) is 38.8 Å². The minimum atomic E-state index is -0.311. The Hall–Kier alpha value is -0.420. The molecule has 0 radical (unpaired) electrons. The fourth-order valence-corrected chi connectivity index (χ4v) is 1.71. The van der Waals surface area contributed by atoms with Crippen LogP contribution in [-0.4, -0.2) is 41.8 Å². The lowest BCUT2D eigenvalue weighted by Crippen LogP contribution is -2.42. The second kappa shape index (κ2) is 8.85. The molecule has 3 N–H and O–H groups in total. The van der Waals surface area contributed by atoms with Crippen LogP contribution in [0.5, 0.6) is 0 Å². The Bertz CT molecular complexity index is 179. The number of aliphatic hydroxyl groups excluding tert-OH is 1. The summed E-state index contributed by atoms with van der Waals surface area (Å²) in [4.78, 5) is 11.3. The van der Waals surface area contributed by atoms with Gasteiger partial charge in [0.25, 0.3) is 0 Å². The van der Waals surface area contributed by atoms with Gasteiger partial charge >= 0.3 is 6.03 Å². The minimum absolute atomic E-state index is 0.153. The minimum Gasteiger partial charge on any atom is -0.393 e. The predicted octanol–water partition coefficient (Wildman–Crippen LogP) is 1.20. The first-order chi connectivity index (χ1) is 7.10. The Morgan fingerprint density at radius 3 is 2.73 bits per heavy atom. The van der Waals surface area contributed by atoms with Crippen molar-refractivity contribution >= 4 is 17.8 Å². The van der Waals surface area contributed by atoms with Gasteiger partial charge in [-0.25, -0.2) is 4.79 Å². The molecule has 2 atom stereocenters. The number of aliphatic hydroxyl groups is 1. The predicted molar refractivity (Wildman–Crippen MR) is 65.3 cm³/mol. The normalized spacial score (nSPS) is 14.4. The van der Waals surface area contributed by atoms with Gasteiger partial charge in [-0.3, -0.25) is 0 Å². The molecule has 0 aromatic heterocycles. The molecular weight excluding hydrogens is 212 g/mol. The molecule has 0 heterocycles. The van der Waals surface area contributed by atoms with Gasteiger partial charge in [0.15, 0.2) is 0 Å². The summed E-state index contributed by atoms with van der Waals surface area (Å²) in [5.74, 6) is 0.908. The van der Waals surface area contributed by atoms with Crippen LogP contribution in [-0.2, 0) is 0 Å². The summed E-state index contributed by atoms with van der Waals surface area (Å²) in [5.41, 5.74) is 0. The van der Waals surface area contributed by atoms with Gasteiger partial charge in [-0.1, -0.05) is 6.92 Å². The third kappa shape index (κ3) is 8.57. The smallest absolute Gasteiger partial charge is 0.315 e. The van der Waals surface area contributed by atoms with E-state index in [1.165, 1.54) is 0 Å². The third-order valence-electron chi connectivity index (χ3n) is 2.03. The summed E-state index contributed by atoms with van der Waals surface area (Å²) in [6, 6.07) is 0.0240. The number of rotatable bonds is 7. The molecule has 0 aliphatic rings. The summed E-state index contributed by atoms with van der Waals surface area (Å²) in [5, 5.41) is 14.8. The topological polar surface area (TPSA) is 61.4 Å². The number of carbonyl (C=O) groups is 1. The molecule has 2 unspecified atom stereocenters. The highest BCUT2D eigenvalue weighted by atomic mass is 32.2. The maximum absolute atomic E-state index is 11.3. The zero-order valence-electron chi connectivity index (χ0n) is 9.75. The first-order valence-electron chi connectivity index (χ1n) is 5.31. The Kier molecular flexibility index (Phi) is 8.61. The molecule has 2 amide bonds. The first-order valence-corrected chi connectivity index (χ1v) is 6.70. The highest BCUT2D eigenvalue weighted by Crippen LogP contribution is 1.96. The van der Waals surface area contributed by atoms with Gasteiger partial charge in [0, 0.05) is 18.3 Å². The van der Waals surface area contributed by atoms with E-state index >= 15 is 0 Å². The van der Waals surface area contributed by atoms with E-state index in [9.17, 15) is 9.90 Å². The Balaban J connectivity index is 3.48. The van der Waals surface area contributed by atoms with E-state index in [1.807, 2.05) is 20.1 Å². The van der Waals surface area contributed by atoms with Gasteiger partial charge in [-0.2, -0.15) is 11.8 Å². The van der Waals surface area contributed by atoms with Crippen LogP contribution < -0.4 is 10.6 Å². The molecule has 0 fully saturated rings. The molecule has 0 bridgehead atoms. The molecule has 0 aliphatic carbocycles. The van der Waals surface area contributed by atoms with E-state index in [1.54, 1.807) is 11.8 Å². The molecule has 5 heteroatoms. The standard InChI is InChI=1S/C10H22N2O2S/c1-4-9(13)5-6-11-10(14)12-8(2)7-15-3/h8-9,13H,4-7H2,1-3H3,(H2,11,12,14). The van der Waals surface area contributed by atoms with Crippen LogP contribution in [0.3, 0.4) is 0 Å². The number of thioether (sulfide) groups is 1. The van der Waals surface area contributed by atoms with Crippen molar-refractivity contribution in [3.63, 3.8) is 0 Å². The SMILES string of the molecule is CCC(O)CCNC(=O)NC(C)CSC. The van der Waals surface area contributed by atoms with Crippen molar-refractivity contribution in [1.29, 1.82) is 0 Å². The molecule has 90 valence electrons. The fourth-order valence-electron chi connectivity index (χ4n) is 1.12. The van der Waals surface area contributed by atoms with Crippen LogP contribution in [0, 0.1) is 0 Å². The number of carbonyl (C=O) groups excluding carboxylic acids is 1. The summed E-state index contributed by atoms with van der Waals surface area (Å²) in [7, 11) is 0. The summed E-state index contributed by atoms with van der Waals surface area (Å²) in [6.45, 7) is 4.41. The zero-order valence-corrected chi connectivity index (χ0v) is 10.6. The lowest BCUT2D eigenvalue weighted by molar-refractivity contribution is 0.160. The molecule has 0 spiro atoms. The number of amides is 2. The fraction of sp³-hybridized carbons (Fsp3) is 0.900. The molecule has 4 nitrogen and oxygen atoms in total. The van der Waals surface area contributed by atoms with Gasteiger partial charge in [0.05, 0.1) is 6.10 Å². The largest absolute Gasteiger partial charge is 0.393 e. The molecule has 0 saturated carbocycles. The Morgan fingerprint density at radius 1 is 1.53 bits per heavy atom. The quantitative estimate of drug-likeness (QED) is 0.620. The highest BCUT2D eigenvalue weighted by molar-refractivity contribution is 7.98. The summed E-state index contributed by atoms with van der Waals surface area (Å²) < 4.78 is 0. The number of urea groups is 1. The van der Waals surface area contributed by atoms with Crippen LogP contribution in [0.1, 0.15) is 26.7 Å². The number of nitrogens with one attached hydrogen (secondary N) is 2. The van der Waals surface area contributed by atoms with Gasteiger partial charge in [-0.05, 0) is 26.0 Å². The monoisotopic (exact) mass is 234 g/mol. The summed E-state index contributed by atoms with van der Waals surface area (Å²) >= 11 is 1.70. The molecule has 15 heavy (non-hydrogen) atoms. The van der Waals surface area contributed by atoms with Crippen LogP contribution in [0.25, 0.3) is 0 Å². The van der Waals surface area contributed by atoms with Crippen LogP contribution in [0.15, 0.2) is 0 Å². The average Bonchev–Trinajstić information content (AvgIpc) is 2.17. The van der Waals surface area contributed by atoms with E-state index in [-0.39, 0.29) is 18.2 Å². The maximum atomic E-state index is 11.3. The molecular formula is C10H22N2O2S. The van der Waals surface area contributed by atoms with Crippen LogP contribution in [0.2, 0.25) is 0 Å². The van der Waals surface area contributed by atoms with Crippen LogP contribution >= 0.6 is 11.8 Å². The van der Waals surface area contributed by atoms with Crippen molar-refractivity contribution < 1.29 is 9.90 Å². The maximum Gasteiger partial charge on any atom is 0.315 e. The van der Waals surface area contributed by atoms with Crippen molar-refractivity contribution in [3.8, 4) is 0 Å². The molecule has 0 aliphatic heterocycles. The van der Waals surface area contributed by atoms with Gasteiger partial charge < -0.3 is 15.7 Å². The van der Waals surface area contributed by atoms with Crippen molar-refractivity contribution in [1.82, 2.24) is 10.6 Å². The van der Waals surface area contributed by atoms with E-state index in [0.29, 0.717) is 13.0 Å². The van der Waals surface area contributed by atoms with Crippen molar-refractivity contribution in [3.05, 3.63) is 0 Å². The lowest BCUT2D eigenvalue weighted by Gasteiger charge is -2.14. The number of hydrogen-bond acceptors (Lipinski definition) is 3. The molecule has 0 aromatic carbocycles.